The second kappa shape index (κ2) is 8.09. The van der Waals surface area contributed by atoms with Gasteiger partial charge in [0.25, 0.3) is 5.56 Å². The van der Waals surface area contributed by atoms with Crippen molar-refractivity contribution >= 4 is 17.6 Å². The molecule has 1 heterocycles. The summed E-state index contributed by atoms with van der Waals surface area (Å²) < 4.78 is 10.2. The van der Waals surface area contributed by atoms with Crippen LogP contribution in [-0.2, 0) is 9.47 Å². The number of nitrogens with zero attached hydrogens (tertiary/aromatic N) is 1. The second-order valence-electron chi connectivity index (χ2n) is 4.77. The number of carbonyl (C=O) groups excluding carboxylic acids is 1. The minimum absolute atomic E-state index is 0.223. The third-order valence-corrected chi connectivity index (χ3v) is 2.92. The highest BCUT2D eigenvalue weighted by Gasteiger charge is 2.07. The molecule has 1 aromatic carbocycles. The van der Waals surface area contributed by atoms with Crippen LogP contribution in [0.15, 0.2) is 35.1 Å². The summed E-state index contributed by atoms with van der Waals surface area (Å²) in [5.41, 5.74) is 1.53. The normalized spacial score (nSPS) is 10.3. The Balaban J connectivity index is 1.96. The van der Waals surface area contributed by atoms with E-state index in [0.29, 0.717) is 36.1 Å². The van der Waals surface area contributed by atoms with Crippen LogP contribution in [0.25, 0.3) is 0 Å². The monoisotopic (exact) mass is 317 g/mol. The number of H-pyrrole nitrogens is 1. The van der Waals surface area contributed by atoms with Crippen LogP contribution in [0, 0.1) is 6.92 Å². The first kappa shape index (κ1) is 16.7. The summed E-state index contributed by atoms with van der Waals surface area (Å²) in [5.74, 6) is -0.0552. The van der Waals surface area contributed by atoms with Crippen molar-refractivity contribution in [3.8, 4) is 0 Å². The molecule has 2 N–H and O–H groups in total. The Kier molecular flexibility index (Phi) is 5.87. The van der Waals surface area contributed by atoms with Gasteiger partial charge in [0, 0.05) is 24.1 Å². The molecule has 0 spiro atoms. The van der Waals surface area contributed by atoms with E-state index in [1.54, 1.807) is 31.2 Å². The van der Waals surface area contributed by atoms with Crippen molar-refractivity contribution in [2.45, 2.75) is 13.8 Å². The van der Waals surface area contributed by atoms with Crippen LogP contribution in [-0.4, -0.2) is 35.8 Å². The molecule has 2 rings (SSSR count). The molecule has 2 aromatic rings. The number of benzene rings is 1. The number of hydrogen-bond acceptors (Lipinski definition) is 6. The first-order chi connectivity index (χ1) is 11.1. The number of rotatable bonds is 7. The molecule has 0 saturated carbocycles. The Labute approximate surface area is 133 Å². The predicted octanol–water partition coefficient (Wildman–Crippen LogP) is 2.02. The standard InChI is InChI=1S/C16H19N3O4/c1-3-22-8-9-23-15(21)12-4-6-13(7-5-12)18-16-17-11(2)10-14(20)19-16/h4-7,10H,3,8-9H2,1-2H3,(H2,17,18,19,20). The third kappa shape index (κ3) is 5.23. The van der Waals surface area contributed by atoms with Gasteiger partial charge in [-0.25, -0.2) is 9.78 Å². The SMILES string of the molecule is CCOCCOC(=O)c1ccc(Nc2nc(C)cc(=O)[nH]2)cc1. The van der Waals surface area contributed by atoms with Crippen LogP contribution < -0.4 is 10.9 Å². The van der Waals surface area contributed by atoms with E-state index in [9.17, 15) is 9.59 Å². The van der Waals surface area contributed by atoms with Crippen LogP contribution in [0.3, 0.4) is 0 Å². The third-order valence-electron chi connectivity index (χ3n) is 2.92. The maximum atomic E-state index is 11.8. The van der Waals surface area contributed by atoms with Gasteiger partial charge in [-0.3, -0.25) is 9.78 Å². The zero-order valence-corrected chi connectivity index (χ0v) is 13.1. The lowest BCUT2D eigenvalue weighted by Gasteiger charge is -2.07. The number of anilines is 2. The Morgan fingerprint density at radius 3 is 2.65 bits per heavy atom. The van der Waals surface area contributed by atoms with Crippen molar-refractivity contribution in [3.63, 3.8) is 0 Å². The Morgan fingerprint density at radius 2 is 2.00 bits per heavy atom. The van der Waals surface area contributed by atoms with Gasteiger partial charge in [0.15, 0.2) is 0 Å². The molecule has 122 valence electrons. The highest BCUT2D eigenvalue weighted by Crippen LogP contribution is 2.14. The fraction of sp³-hybridized carbons (Fsp3) is 0.312. The van der Waals surface area contributed by atoms with E-state index in [4.69, 9.17) is 9.47 Å². The molecule has 0 unspecified atom stereocenters. The van der Waals surface area contributed by atoms with Gasteiger partial charge in [0.2, 0.25) is 5.95 Å². The zero-order chi connectivity index (χ0) is 16.7. The molecular formula is C16H19N3O4. The van der Waals surface area contributed by atoms with Crippen molar-refractivity contribution in [1.82, 2.24) is 9.97 Å². The van der Waals surface area contributed by atoms with Gasteiger partial charge in [0.1, 0.15) is 6.61 Å². The molecule has 0 aliphatic rings. The first-order valence-electron chi connectivity index (χ1n) is 7.28. The molecule has 7 nitrogen and oxygen atoms in total. The highest BCUT2D eigenvalue weighted by atomic mass is 16.6. The van der Waals surface area contributed by atoms with Gasteiger partial charge >= 0.3 is 5.97 Å². The summed E-state index contributed by atoms with van der Waals surface area (Å²) in [7, 11) is 0. The van der Waals surface area contributed by atoms with E-state index in [2.05, 4.69) is 15.3 Å². The van der Waals surface area contributed by atoms with E-state index in [1.807, 2.05) is 6.92 Å². The van der Waals surface area contributed by atoms with Gasteiger partial charge < -0.3 is 14.8 Å². The van der Waals surface area contributed by atoms with Crippen LogP contribution in [0.5, 0.6) is 0 Å². The lowest BCUT2D eigenvalue weighted by Crippen LogP contribution is -2.11. The molecule has 0 aliphatic heterocycles. The number of nitrogens with one attached hydrogen (secondary N) is 2. The van der Waals surface area contributed by atoms with Crippen LogP contribution in [0.2, 0.25) is 0 Å². The van der Waals surface area contributed by atoms with Gasteiger partial charge in [-0.1, -0.05) is 0 Å². The van der Waals surface area contributed by atoms with Gasteiger partial charge in [0.05, 0.1) is 12.2 Å². The maximum Gasteiger partial charge on any atom is 0.338 e. The summed E-state index contributed by atoms with van der Waals surface area (Å²) in [6.07, 6.45) is 0. The van der Waals surface area contributed by atoms with Gasteiger partial charge in [-0.2, -0.15) is 0 Å². The minimum atomic E-state index is -0.404. The van der Waals surface area contributed by atoms with Crippen molar-refractivity contribution in [1.29, 1.82) is 0 Å². The Bertz CT molecular complexity index is 710. The summed E-state index contributed by atoms with van der Waals surface area (Å²) in [4.78, 5) is 30.0. The number of aromatic nitrogens is 2. The van der Waals surface area contributed by atoms with E-state index < -0.39 is 5.97 Å². The summed E-state index contributed by atoms with van der Waals surface area (Å²) in [6, 6.07) is 8.11. The summed E-state index contributed by atoms with van der Waals surface area (Å²) in [6.45, 7) is 4.81. The largest absolute Gasteiger partial charge is 0.460 e. The van der Waals surface area contributed by atoms with Crippen LogP contribution in [0.4, 0.5) is 11.6 Å². The molecule has 0 atom stereocenters. The zero-order valence-electron chi connectivity index (χ0n) is 13.1. The minimum Gasteiger partial charge on any atom is -0.460 e. The van der Waals surface area contributed by atoms with Crippen molar-refractivity contribution in [3.05, 3.63) is 51.9 Å². The van der Waals surface area contributed by atoms with E-state index in [0.717, 1.165) is 0 Å². The molecule has 0 bridgehead atoms. The summed E-state index contributed by atoms with van der Waals surface area (Å²) >= 11 is 0. The first-order valence-corrected chi connectivity index (χ1v) is 7.28. The Morgan fingerprint density at radius 1 is 1.26 bits per heavy atom. The number of esters is 1. The lowest BCUT2D eigenvalue weighted by atomic mass is 10.2. The van der Waals surface area contributed by atoms with Crippen LogP contribution >= 0.6 is 0 Å². The van der Waals surface area contributed by atoms with Crippen molar-refractivity contribution in [2.24, 2.45) is 0 Å². The maximum absolute atomic E-state index is 11.8. The molecule has 0 amide bonds. The van der Waals surface area contributed by atoms with Crippen molar-refractivity contribution in [2.75, 3.05) is 25.1 Å². The smallest absolute Gasteiger partial charge is 0.338 e. The highest BCUT2D eigenvalue weighted by molar-refractivity contribution is 5.89. The number of aryl methyl sites for hydroxylation is 1. The molecule has 0 radical (unpaired) electrons. The van der Waals surface area contributed by atoms with Gasteiger partial charge in [-0.15, -0.1) is 0 Å². The number of hydrogen-bond donors (Lipinski definition) is 2. The summed E-state index contributed by atoms with van der Waals surface area (Å²) in [5, 5.41) is 2.97. The van der Waals surface area contributed by atoms with E-state index in [-0.39, 0.29) is 12.2 Å². The molecule has 1 aromatic heterocycles. The average molecular weight is 317 g/mol. The number of carbonyl (C=O) groups is 1. The molecule has 23 heavy (non-hydrogen) atoms. The fourth-order valence-electron chi connectivity index (χ4n) is 1.89. The molecule has 0 saturated heterocycles. The van der Waals surface area contributed by atoms with Gasteiger partial charge in [-0.05, 0) is 38.1 Å². The number of ether oxygens (including phenoxy) is 2. The molecular weight excluding hydrogens is 298 g/mol. The molecule has 7 heteroatoms. The molecule has 0 fully saturated rings. The van der Waals surface area contributed by atoms with Crippen LogP contribution in [0.1, 0.15) is 23.0 Å². The second-order valence-corrected chi connectivity index (χ2v) is 4.77. The fourth-order valence-corrected chi connectivity index (χ4v) is 1.89. The topological polar surface area (TPSA) is 93.3 Å². The predicted molar refractivity (Wildman–Crippen MR) is 86.1 cm³/mol. The average Bonchev–Trinajstić information content (AvgIpc) is 2.51. The van der Waals surface area contributed by atoms with E-state index in [1.165, 1.54) is 6.07 Å². The Hall–Kier alpha value is -2.67. The quantitative estimate of drug-likeness (QED) is 0.599. The molecule has 0 aliphatic carbocycles. The lowest BCUT2D eigenvalue weighted by molar-refractivity contribution is 0.0335. The number of aromatic amines is 1. The van der Waals surface area contributed by atoms with E-state index >= 15 is 0 Å². The van der Waals surface area contributed by atoms with Crippen molar-refractivity contribution < 1.29 is 14.3 Å².